The summed E-state index contributed by atoms with van der Waals surface area (Å²) in [6.07, 6.45) is 1.17. The van der Waals surface area contributed by atoms with Crippen LogP contribution in [-0.2, 0) is 10.2 Å². The Balaban J connectivity index is 2.36. The summed E-state index contributed by atoms with van der Waals surface area (Å²) in [6, 6.07) is 7.16. The van der Waals surface area contributed by atoms with Gasteiger partial charge in [-0.1, -0.05) is 29.8 Å². The molecule has 1 aromatic rings. The molecule has 86 valence electrons. The predicted molar refractivity (Wildman–Crippen MR) is 62.5 cm³/mol. The van der Waals surface area contributed by atoms with Crippen LogP contribution >= 0.6 is 11.6 Å². The van der Waals surface area contributed by atoms with Gasteiger partial charge in [0.2, 0.25) is 0 Å². The van der Waals surface area contributed by atoms with Gasteiger partial charge in [-0.05, 0) is 36.9 Å². The number of hydrogen-bond acceptors (Lipinski definition) is 2. The first kappa shape index (κ1) is 11.4. The van der Waals surface area contributed by atoms with Crippen molar-refractivity contribution in [2.75, 3.05) is 6.54 Å². The van der Waals surface area contributed by atoms with E-state index < -0.39 is 11.4 Å². The molecule has 0 atom stereocenters. The predicted octanol–water partition coefficient (Wildman–Crippen LogP) is 2.03. The van der Waals surface area contributed by atoms with Crippen molar-refractivity contribution in [1.82, 2.24) is 0 Å². The molecule has 0 aromatic heterocycles. The standard InChI is InChI=1S/C12H14ClNO2/c13-10-4-2-1-3-9(10)12(11(15)16)5-8(6-12)7-14/h1-4,8H,5-7,14H2,(H,15,16). The summed E-state index contributed by atoms with van der Waals surface area (Å²) in [4.78, 5) is 11.4. The van der Waals surface area contributed by atoms with E-state index in [0.29, 0.717) is 35.9 Å². The van der Waals surface area contributed by atoms with Gasteiger partial charge in [-0.2, -0.15) is 0 Å². The number of benzene rings is 1. The van der Waals surface area contributed by atoms with Crippen LogP contribution in [0.5, 0.6) is 0 Å². The number of hydrogen-bond donors (Lipinski definition) is 2. The molecule has 4 heteroatoms. The lowest BCUT2D eigenvalue weighted by molar-refractivity contribution is -0.149. The third-order valence-corrected chi connectivity index (χ3v) is 3.74. The molecule has 0 spiro atoms. The maximum absolute atomic E-state index is 11.4. The summed E-state index contributed by atoms with van der Waals surface area (Å²) >= 11 is 6.06. The zero-order valence-electron chi connectivity index (χ0n) is 8.82. The van der Waals surface area contributed by atoms with Crippen molar-refractivity contribution in [2.45, 2.75) is 18.3 Å². The number of aliphatic carboxylic acids is 1. The van der Waals surface area contributed by atoms with E-state index in [1.165, 1.54) is 0 Å². The van der Waals surface area contributed by atoms with Gasteiger partial charge in [-0.3, -0.25) is 4.79 Å². The van der Waals surface area contributed by atoms with Gasteiger partial charge in [0.1, 0.15) is 0 Å². The Bertz CT molecular complexity index is 413. The Morgan fingerprint density at radius 2 is 2.12 bits per heavy atom. The molecule has 1 aliphatic rings. The summed E-state index contributed by atoms with van der Waals surface area (Å²) in [6.45, 7) is 0.541. The molecule has 1 saturated carbocycles. The van der Waals surface area contributed by atoms with Gasteiger partial charge in [-0.25, -0.2) is 0 Å². The van der Waals surface area contributed by atoms with E-state index in [4.69, 9.17) is 17.3 Å². The van der Waals surface area contributed by atoms with Crippen molar-refractivity contribution in [3.8, 4) is 0 Å². The number of carbonyl (C=O) groups is 1. The molecule has 3 N–H and O–H groups in total. The molecule has 0 heterocycles. The first-order valence-electron chi connectivity index (χ1n) is 5.28. The summed E-state index contributed by atoms with van der Waals surface area (Å²) in [5, 5.41) is 9.90. The van der Waals surface area contributed by atoms with Gasteiger partial charge in [0, 0.05) is 5.02 Å². The smallest absolute Gasteiger partial charge is 0.314 e. The monoisotopic (exact) mass is 239 g/mol. The Labute approximate surface area is 99.2 Å². The average Bonchev–Trinajstić information content (AvgIpc) is 2.19. The Morgan fingerprint density at radius 1 is 1.50 bits per heavy atom. The van der Waals surface area contributed by atoms with E-state index in [2.05, 4.69) is 0 Å². The zero-order valence-corrected chi connectivity index (χ0v) is 9.57. The molecule has 0 unspecified atom stereocenters. The zero-order chi connectivity index (χ0) is 11.8. The van der Waals surface area contributed by atoms with Crippen molar-refractivity contribution in [3.63, 3.8) is 0 Å². The number of halogens is 1. The second-order valence-electron chi connectivity index (χ2n) is 4.38. The molecule has 1 aromatic carbocycles. The van der Waals surface area contributed by atoms with Gasteiger partial charge in [0.05, 0.1) is 5.41 Å². The van der Waals surface area contributed by atoms with Crippen molar-refractivity contribution >= 4 is 17.6 Å². The van der Waals surface area contributed by atoms with E-state index in [-0.39, 0.29) is 0 Å². The molecule has 1 fully saturated rings. The third kappa shape index (κ3) is 1.60. The van der Waals surface area contributed by atoms with Crippen molar-refractivity contribution in [2.24, 2.45) is 11.7 Å². The van der Waals surface area contributed by atoms with E-state index in [1.54, 1.807) is 18.2 Å². The van der Waals surface area contributed by atoms with E-state index in [1.807, 2.05) is 6.07 Å². The molecule has 0 radical (unpaired) electrons. The molecule has 2 rings (SSSR count). The first-order chi connectivity index (χ1) is 7.60. The van der Waals surface area contributed by atoms with Crippen LogP contribution in [-0.4, -0.2) is 17.6 Å². The average molecular weight is 240 g/mol. The Kier molecular flexibility index (Phi) is 2.91. The van der Waals surface area contributed by atoms with Gasteiger partial charge in [0.25, 0.3) is 0 Å². The highest BCUT2D eigenvalue weighted by Crippen LogP contribution is 2.49. The molecule has 0 bridgehead atoms. The van der Waals surface area contributed by atoms with E-state index in [9.17, 15) is 9.90 Å². The number of rotatable bonds is 3. The maximum atomic E-state index is 11.4. The normalized spacial score (nSPS) is 28.5. The van der Waals surface area contributed by atoms with Crippen molar-refractivity contribution < 1.29 is 9.90 Å². The largest absolute Gasteiger partial charge is 0.481 e. The Morgan fingerprint density at radius 3 is 2.62 bits per heavy atom. The van der Waals surface area contributed by atoms with Crippen molar-refractivity contribution in [1.29, 1.82) is 0 Å². The second kappa shape index (κ2) is 4.07. The molecule has 3 nitrogen and oxygen atoms in total. The fraction of sp³-hybridized carbons (Fsp3) is 0.417. The van der Waals surface area contributed by atoms with Crippen LogP contribution in [0.1, 0.15) is 18.4 Å². The van der Waals surface area contributed by atoms with Crippen LogP contribution in [0, 0.1) is 5.92 Å². The van der Waals surface area contributed by atoms with Crippen LogP contribution in [0.4, 0.5) is 0 Å². The summed E-state index contributed by atoms with van der Waals surface area (Å²) in [5.41, 5.74) is 5.44. The SMILES string of the molecule is NCC1CC(C(=O)O)(c2ccccc2Cl)C1. The molecule has 0 amide bonds. The highest BCUT2D eigenvalue weighted by Gasteiger charge is 2.51. The molecular weight excluding hydrogens is 226 g/mol. The third-order valence-electron chi connectivity index (χ3n) is 3.41. The minimum absolute atomic E-state index is 0.298. The van der Waals surface area contributed by atoms with Gasteiger partial charge in [-0.15, -0.1) is 0 Å². The molecule has 0 aliphatic heterocycles. The van der Waals surface area contributed by atoms with Crippen LogP contribution < -0.4 is 5.73 Å². The molecular formula is C12H14ClNO2. The minimum atomic E-state index is -0.817. The molecule has 1 aliphatic carbocycles. The van der Waals surface area contributed by atoms with Crippen LogP contribution in [0.25, 0.3) is 0 Å². The lowest BCUT2D eigenvalue weighted by Crippen LogP contribution is -2.50. The van der Waals surface area contributed by atoms with E-state index >= 15 is 0 Å². The fourth-order valence-electron chi connectivity index (χ4n) is 2.45. The van der Waals surface area contributed by atoms with Gasteiger partial charge in [0.15, 0.2) is 0 Å². The maximum Gasteiger partial charge on any atom is 0.314 e. The highest BCUT2D eigenvalue weighted by molar-refractivity contribution is 6.31. The molecule has 0 saturated heterocycles. The number of carboxylic acids is 1. The van der Waals surface area contributed by atoms with Crippen molar-refractivity contribution in [3.05, 3.63) is 34.9 Å². The highest BCUT2D eigenvalue weighted by atomic mass is 35.5. The lowest BCUT2D eigenvalue weighted by Gasteiger charge is -2.44. The lowest BCUT2D eigenvalue weighted by atomic mass is 9.58. The second-order valence-corrected chi connectivity index (χ2v) is 4.78. The number of nitrogens with two attached hydrogens (primary N) is 1. The summed E-state index contributed by atoms with van der Waals surface area (Å²) in [5.74, 6) is -0.502. The molecule has 16 heavy (non-hydrogen) atoms. The minimum Gasteiger partial charge on any atom is -0.481 e. The topological polar surface area (TPSA) is 63.3 Å². The van der Waals surface area contributed by atoms with Crippen LogP contribution in [0.15, 0.2) is 24.3 Å². The number of carboxylic acid groups (broad SMARTS) is 1. The van der Waals surface area contributed by atoms with Gasteiger partial charge < -0.3 is 10.8 Å². The quantitative estimate of drug-likeness (QED) is 0.849. The van der Waals surface area contributed by atoms with Crippen LogP contribution in [0.2, 0.25) is 5.02 Å². The summed E-state index contributed by atoms with van der Waals surface area (Å²) < 4.78 is 0. The first-order valence-corrected chi connectivity index (χ1v) is 5.66. The van der Waals surface area contributed by atoms with E-state index in [0.717, 1.165) is 0 Å². The Hall–Kier alpha value is -1.06. The summed E-state index contributed by atoms with van der Waals surface area (Å²) in [7, 11) is 0. The fourth-order valence-corrected chi connectivity index (χ4v) is 2.77. The van der Waals surface area contributed by atoms with Crippen LogP contribution in [0.3, 0.4) is 0 Å². The van der Waals surface area contributed by atoms with Gasteiger partial charge >= 0.3 is 5.97 Å².